The Kier molecular flexibility index (Phi) is 8.78. The van der Waals surface area contributed by atoms with Gasteiger partial charge in [0.15, 0.2) is 0 Å². The number of carbonyl (C=O) groups excluding carboxylic acids is 1. The Labute approximate surface area is 136 Å². The topological polar surface area (TPSA) is 88.1 Å². The first-order chi connectivity index (χ1) is 10.9. The first-order valence-corrected chi connectivity index (χ1v) is 8.92. The quantitative estimate of drug-likeness (QED) is 0.336. The molecule has 0 aliphatic carbocycles. The molecule has 130 valence electrons. The van der Waals surface area contributed by atoms with Gasteiger partial charge in [-0.15, -0.1) is 0 Å². The summed E-state index contributed by atoms with van der Waals surface area (Å²) in [5.41, 5.74) is 1.40. The summed E-state index contributed by atoms with van der Waals surface area (Å²) in [4.78, 5) is 11.6. The van der Waals surface area contributed by atoms with Gasteiger partial charge in [-0.1, -0.05) is 18.2 Å². The summed E-state index contributed by atoms with van der Waals surface area (Å²) in [7, 11) is -2.07. The summed E-state index contributed by atoms with van der Waals surface area (Å²) in [6.45, 7) is 1.33. The maximum Gasteiger partial charge on any atom is 0.338 e. The van der Waals surface area contributed by atoms with E-state index in [9.17, 15) is 13.2 Å². The average molecular weight is 346 g/mol. The summed E-state index contributed by atoms with van der Waals surface area (Å²) < 4.78 is 41.2. The van der Waals surface area contributed by atoms with Gasteiger partial charge in [0.25, 0.3) is 10.1 Å². The van der Waals surface area contributed by atoms with Crippen LogP contribution in [0, 0.1) is 0 Å². The van der Waals surface area contributed by atoms with Gasteiger partial charge >= 0.3 is 5.97 Å². The Hall–Kier alpha value is -1.48. The van der Waals surface area contributed by atoms with Crippen molar-refractivity contribution in [1.29, 1.82) is 0 Å². The maximum atomic E-state index is 11.6. The van der Waals surface area contributed by atoms with E-state index in [2.05, 4.69) is 4.18 Å². The van der Waals surface area contributed by atoms with Crippen LogP contribution in [0.25, 0.3) is 0 Å². The van der Waals surface area contributed by atoms with Crippen LogP contribution in [0.3, 0.4) is 0 Å². The lowest BCUT2D eigenvalue weighted by Gasteiger charge is -2.09. The van der Waals surface area contributed by atoms with E-state index < -0.39 is 10.1 Å². The molecular weight excluding hydrogens is 324 g/mol. The zero-order valence-electron chi connectivity index (χ0n) is 13.3. The maximum absolute atomic E-state index is 11.6. The van der Waals surface area contributed by atoms with E-state index in [1.54, 1.807) is 12.1 Å². The van der Waals surface area contributed by atoms with Crippen LogP contribution in [0.15, 0.2) is 24.3 Å². The van der Waals surface area contributed by atoms with Crippen molar-refractivity contribution in [3.05, 3.63) is 35.4 Å². The molecule has 23 heavy (non-hydrogen) atoms. The van der Waals surface area contributed by atoms with Crippen molar-refractivity contribution in [3.8, 4) is 0 Å². The molecule has 0 fully saturated rings. The van der Waals surface area contributed by atoms with Crippen LogP contribution in [0.2, 0.25) is 0 Å². The lowest BCUT2D eigenvalue weighted by Crippen LogP contribution is -2.13. The molecule has 0 bridgehead atoms. The fraction of sp³-hybridized carbons (Fsp3) is 0.533. The summed E-state index contributed by atoms with van der Waals surface area (Å²) >= 11 is 0. The van der Waals surface area contributed by atoms with Crippen molar-refractivity contribution >= 4 is 16.1 Å². The van der Waals surface area contributed by atoms with Crippen molar-refractivity contribution in [1.82, 2.24) is 0 Å². The highest BCUT2D eigenvalue weighted by molar-refractivity contribution is 7.85. The fourth-order valence-corrected chi connectivity index (χ4v) is 2.17. The smallest absolute Gasteiger partial charge is 0.338 e. The van der Waals surface area contributed by atoms with Crippen molar-refractivity contribution in [3.63, 3.8) is 0 Å². The van der Waals surface area contributed by atoms with Crippen LogP contribution in [-0.2, 0) is 34.9 Å². The summed E-state index contributed by atoms with van der Waals surface area (Å²) in [5, 5.41) is 0. The van der Waals surface area contributed by atoms with Crippen LogP contribution in [0.5, 0.6) is 0 Å². The number of benzene rings is 1. The number of hydrogen-bond donors (Lipinski definition) is 0. The van der Waals surface area contributed by atoms with E-state index in [1.807, 2.05) is 12.1 Å². The Balaban J connectivity index is 2.15. The molecule has 1 rings (SSSR count). The molecule has 7 nitrogen and oxygen atoms in total. The highest BCUT2D eigenvalue weighted by Gasteiger charge is 2.10. The SMILES string of the molecule is COC(=O)c1ccccc1CCOCCOCCOS(C)(=O)=O. The molecule has 0 spiro atoms. The van der Waals surface area contributed by atoms with E-state index in [4.69, 9.17) is 14.2 Å². The molecule has 0 heterocycles. The largest absolute Gasteiger partial charge is 0.465 e. The zero-order valence-corrected chi connectivity index (χ0v) is 14.1. The predicted octanol–water partition coefficient (Wildman–Crippen LogP) is 1.03. The second kappa shape index (κ2) is 10.3. The third-order valence-electron chi connectivity index (χ3n) is 2.84. The van der Waals surface area contributed by atoms with Crippen molar-refractivity contribution in [2.24, 2.45) is 0 Å². The Morgan fingerprint density at radius 1 is 1.00 bits per heavy atom. The number of rotatable bonds is 11. The fourth-order valence-electron chi connectivity index (χ4n) is 1.80. The van der Waals surface area contributed by atoms with Gasteiger partial charge in [0, 0.05) is 0 Å². The molecule has 0 saturated carbocycles. The van der Waals surface area contributed by atoms with E-state index >= 15 is 0 Å². The van der Waals surface area contributed by atoms with Crippen LogP contribution >= 0.6 is 0 Å². The molecule has 8 heteroatoms. The first kappa shape index (κ1) is 19.6. The van der Waals surface area contributed by atoms with E-state index in [-0.39, 0.29) is 19.2 Å². The highest BCUT2D eigenvalue weighted by atomic mass is 32.2. The molecule has 0 N–H and O–H groups in total. The van der Waals surface area contributed by atoms with Gasteiger partial charge in [0.1, 0.15) is 0 Å². The first-order valence-electron chi connectivity index (χ1n) is 7.10. The molecule has 0 radical (unpaired) electrons. The van der Waals surface area contributed by atoms with Crippen molar-refractivity contribution in [2.45, 2.75) is 6.42 Å². The third-order valence-corrected chi connectivity index (χ3v) is 3.43. The molecule has 0 atom stereocenters. The lowest BCUT2D eigenvalue weighted by atomic mass is 10.1. The number of hydrogen-bond acceptors (Lipinski definition) is 7. The molecule has 0 aromatic heterocycles. The van der Waals surface area contributed by atoms with Crippen LogP contribution in [-0.4, -0.2) is 60.8 Å². The van der Waals surface area contributed by atoms with Gasteiger partial charge < -0.3 is 14.2 Å². The van der Waals surface area contributed by atoms with Gasteiger partial charge in [-0.05, 0) is 18.1 Å². The second-order valence-electron chi connectivity index (χ2n) is 4.65. The predicted molar refractivity (Wildman–Crippen MR) is 83.9 cm³/mol. The average Bonchev–Trinajstić information content (AvgIpc) is 2.52. The van der Waals surface area contributed by atoms with Gasteiger partial charge in [-0.3, -0.25) is 4.18 Å². The zero-order chi connectivity index (χ0) is 17.1. The van der Waals surface area contributed by atoms with E-state index in [1.165, 1.54) is 7.11 Å². The van der Waals surface area contributed by atoms with Gasteiger partial charge in [0.05, 0.1) is 52.0 Å². The minimum absolute atomic E-state index is 0.00859. The molecule has 1 aromatic rings. The number of methoxy groups -OCH3 is 1. The number of carbonyl (C=O) groups is 1. The number of esters is 1. The minimum atomic E-state index is -3.42. The van der Waals surface area contributed by atoms with Gasteiger partial charge in [0.2, 0.25) is 0 Å². The minimum Gasteiger partial charge on any atom is -0.465 e. The van der Waals surface area contributed by atoms with Crippen LogP contribution in [0.1, 0.15) is 15.9 Å². The number of ether oxygens (including phenoxy) is 3. The molecular formula is C15H22O7S. The standard InChI is InChI=1S/C15H22O7S/c1-19-15(16)14-6-4-3-5-13(14)7-8-20-9-10-21-11-12-22-23(2,17)18/h3-6H,7-12H2,1-2H3. The van der Waals surface area contributed by atoms with Gasteiger partial charge in [-0.25, -0.2) is 4.79 Å². The van der Waals surface area contributed by atoms with Crippen LogP contribution in [0.4, 0.5) is 0 Å². The lowest BCUT2D eigenvalue weighted by molar-refractivity contribution is 0.0380. The molecule has 0 aliphatic rings. The molecule has 1 aromatic carbocycles. The second-order valence-corrected chi connectivity index (χ2v) is 6.29. The Morgan fingerprint density at radius 3 is 2.26 bits per heavy atom. The third kappa shape index (κ3) is 8.65. The van der Waals surface area contributed by atoms with Crippen molar-refractivity contribution < 1.29 is 31.6 Å². The van der Waals surface area contributed by atoms with Crippen LogP contribution < -0.4 is 0 Å². The Morgan fingerprint density at radius 2 is 1.61 bits per heavy atom. The molecule has 0 amide bonds. The molecule has 0 unspecified atom stereocenters. The van der Waals surface area contributed by atoms with E-state index in [0.29, 0.717) is 31.8 Å². The monoisotopic (exact) mass is 346 g/mol. The molecule has 0 aliphatic heterocycles. The van der Waals surface area contributed by atoms with Gasteiger partial charge in [-0.2, -0.15) is 8.42 Å². The summed E-state index contributed by atoms with van der Waals surface area (Å²) in [6.07, 6.45) is 1.57. The normalized spacial score (nSPS) is 11.4. The van der Waals surface area contributed by atoms with Crippen molar-refractivity contribution in [2.75, 3.05) is 46.4 Å². The van der Waals surface area contributed by atoms with E-state index in [0.717, 1.165) is 11.8 Å². The summed E-state index contributed by atoms with van der Waals surface area (Å²) in [6, 6.07) is 7.20. The summed E-state index contributed by atoms with van der Waals surface area (Å²) in [5.74, 6) is -0.366. The Bertz CT molecular complexity index is 583. The highest BCUT2D eigenvalue weighted by Crippen LogP contribution is 2.10. The molecule has 0 saturated heterocycles.